The zero-order chi connectivity index (χ0) is 15.5. The maximum atomic E-state index is 12.1. The molecule has 1 aromatic carbocycles. The van der Waals surface area contributed by atoms with Crippen molar-refractivity contribution in [1.29, 1.82) is 0 Å². The molecule has 0 saturated carbocycles. The number of nitro benzene ring substituents is 1. The molecule has 0 unspecified atom stereocenters. The summed E-state index contributed by atoms with van der Waals surface area (Å²) in [5, 5.41) is 13.5. The normalized spacial score (nSPS) is 11.2. The second-order valence-electron chi connectivity index (χ2n) is 4.69. The Balaban J connectivity index is 3.01. The third-order valence-corrected chi connectivity index (χ3v) is 4.75. The predicted molar refractivity (Wildman–Crippen MR) is 83.0 cm³/mol. The molecule has 0 radical (unpaired) electrons. The summed E-state index contributed by atoms with van der Waals surface area (Å²) in [6.07, 6.45) is 1.93. The smallest absolute Gasteiger partial charge is 0.271 e. The van der Waals surface area contributed by atoms with Crippen molar-refractivity contribution < 1.29 is 9.72 Å². The first-order valence-corrected chi connectivity index (χ1v) is 7.63. The monoisotopic (exact) mass is 336 g/mol. The van der Waals surface area contributed by atoms with E-state index in [1.54, 1.807) is 11.8 Å². The Labute approximate surface area is 131 Å². The largest absolute Gasteiger partial charge is 0.351 e. The molecule has 0 bridgehead atoms. The summed E-state index contributed by atoms with van der Waals surface area (Å²) in [7, 11) is 0. The van der Waals surface area contributed by atoms with Gasteiger partial charge in [-0.15, -0.1) is 0 Å². The van der Waals surface area contributed by atoms with Crippen LogP contribution in [0.5, 0.6) is 0 Å². The van der Waals surface area contributed by atoms with Crippen molar-refractivity contribution >= 4 is 46.6 Å². The highest BCUT2D eigenvalue weighted by molar-refractivity contribution is 7.99. The molecular formula is C12H14Cl2N2O3S. The van der Waals surface area contributed by atoms with E-state index < -0.39 is 10.8 Å². The number of non-ortho nitro benzene ring substituents is 1. The van der Waals surface area contributed by atoms with Crippen LogP contribution in [-0.4, -0.2) is 28.4 Å². The van der Waals surface area contributed by atoms with Gasteiger partial charge in [-0.1, -0.05) is 23.2 Å². The number of hydrogen-bond acceptors (Lipinski definition) is 4. The van der Waals surface area contributed by atoms with Crippen LogP contribution in [0, 0.1) is 10.1 Å². The molecule has 5 nitrogen and oxygen atoms in total. The fourth-order valence-corrected chi connectivity index (χ4v) is 1.93. The van der Waals surface area contributed by atoms with Crippen molar-refractivity contribution in [2.24, 2.45) is 0 Å². The summed E-state index contributed by atoms with van der Waals surface area (Å²) in [4.78, 5) is 22.2. The van der Waals surface area contributed by atoms with Crippen LogP contribution < -0.4 is 5.32 Å². The van der Waals surface area contributed by atoms with Crippen LogP contribution in [-0.2, 0) is 0 Å². The number of rotatable bonds is 5. The predicted octanol–water partition coefficient (Wildman–Crippen LogP) is 3.77. The fraction of sp³-hybridized carbons (Fsp3) is 0.417. The van der Waals surface area contributed by atoms with Gasteiger partial charge in [0.25, 0.3) is 11.6 Å². The quantitative estimate of drug-likeness (QED) is 0.656. The summed E-state index contributed by atoms with van der Waals surface area (Å²) in [6, 6.07) is 2.24. The van der Waals surface area contributed by atoms with Crippen LogP contribution in [0.15, 0.2) is 12.1 Å². The van der Waals surface area contributed by atoms with Gasteiger partial charge >= 0.3 is 0 Å². The van der Waals surface area contributed by atoms with Gasteiger partial charge in [-0.3, -0.25) is 14.9 Å². The number of nitro groups is 1. The van der Waals surface area contributed by atoms with E-state index in [0.29, 0.717) is 6.54 Å². The third-order valence-electron chi connectivity index (χ3n) is 2.70. The maximum Gasteiger partial charge on any atom is 0.271 e. The number of carbonyl (C=O) groups excluding carboxylic acids is 1. The number of thioether (sulfide) groups is 1. The molecule has 1 amide bonds. The highest BCUT2D eigenvalue weighted by Gasteiger charge is 2.22. The van der Waals surface area contributed by atoms with Gasteiger partial charge in [-0.2, -0.15) is 11.8 Å². The lowest BCUT2D eigenvalue weighted by atomic mass is 10.1. The topological polar surface area (TPSA) is 72.2 Å². The minimum absolute atomic E-state index is 0.00256. The molecule has 0 aliphatic carbocycles. The first kappa shape index (κ1) is 17.1. The Bertz CT molecular complexity index is 550. The summed E-state index contributed by atoms with van der Waals surface area (Å²) < 4.78 is -0.146. The van der Waals surface area contributed by atoms with Gasteiger partial charge in [-0.05, 0) is 20.1 Å². The summed E-state index contributed by atoms with van der Waals surface area (Å²) in [5.41, 5.74) is -0.267. The first-order chi connectivity index (χ1) is 9.18. The van der Waals surface area contributed by atoms with Crippen molar-refractivity contribution in [3.63, 3.8) is 0 Å². The molecule has 0 atom stereocenters. The van der Waals surface area contributed by atoms with Gasteiger partial charge < -0.3 is 5.32 Å². The Morgan fingerprint density at radius 2 is 2.05 bits per heavy atom. The average Bonchev–Trinajstić information content (AvgIpc) is 2.38. The number of hydrogen-bond donors (Lipinski definition) is 1. The molecule has 0 aliphatic heterocycles. The van der Waals surface area contributed by atoms with E-state index in [1.165, 1.54) is 0 Å². The second kappa shape index (κ2) is 6.65. The molecule has 0 fully saturated rings. The molecule has 20 heavy (non-hydrogen) atoms. The van der Waals surface area contributed by atoms with Crippen molar-refractivity contribution in [2.75, 3.05) is 12.8 Å². The van der Waals surface area contributed by atoms with Crippen LogP contribution in [0.1, 0.15) is 24.2 Å². The van der Waals surface area contributed by atoms with Crippen molar-refractivity contribution in [3.05, 3.63) is 37.9 Å². The molecule has 110 valence electrons. The Morgan fingerprint density at radius 1 is 1.45 bits per heavy atom. The second-order valence-corrected chi connectivity index (χ2v) is 6.99. The van der Waals surface area contributed by atoms with E-state index >= 15 is 0 Å². The lowest BCUT2D eigenvalue weighted by Gasteiger charge is -2.22. The van der Waals surface area contributed by atoms with Gasteiger partial charge in [0, 0.05) is 23.4 Å². The van der Waals surface area contributed by atoms with Gasteiger partial charge in [0.05, 0.1) is 20.5 Å². The average molecular weight is 337 g/mol. The van der Waals surface area contributed by atoms with E-state index in [2.05, 4.69) is 5.32 Å². The first-order valence-electron chi connectivity index (χ1n) is 5.65. The van der Waals surface area contributed by atoms with Gasteiger partial charge in [0.1, 0.15) is 0 Å². The summed E-state index contributed by atoms with van der Waals surface area (Å²) >= 11 is 13.3. The van der Waals surface area contributed by atoms with E-state index in [-0.39, 0.29) is 26.0 Å². The summed E-state index contributed by atoms with van der Waals surface area (Å²) in [5.74, 6) is -0.484. The Hall–Kier alpha value is -0.980. The van der Waals surface area contributed by atoms with Crippen LogP contribution in [0.3, 0.4) is 0 Å². The number of nitrogens with zero attached hydrogens (tertiary/aromatic N) is 1. The number of carbonyl (C=O) groups is 1. The Kier molecular flexibility index (Phi) is 5.68. The number of benzene rings is 1. The molecule has 0 saturated heterocycles. The number of amides is 1. The lowest BCUT2D eigenvalue weighted by Crippen LogP contribution is -2.36. The third kappa shape index (κ3) is 4.26. The summed E-state index contributed by atoms with van der Waals surface area (Å²) in [6.45, 7) is 4.35. The standard InChI is InChI=1S/C12H14Cl2N2O3S/c1-12(2,20-3)6-15-11(17)8-4-7(16(18)19)5-9(13)10(8)14/h4-5H,6H2,1-3H3,(H,15,17). The molecule has 1 N–H and O–H groups in total. The number of halogens is 2. The molecule has 0 heterocycles. The molecule has 1 rings (SSSR count). The van der Waals surface area contributed by atoms with E-state index in [1.807, 2.05) is 20.1 Å². The van der Waals surface area contributed by atoms with E-state index in [9.17, 15) is 14.9 Å². The van der Waals surface area contributed by atoms with Crippen LogP contribution in [0.4, 0.5) is 5.69 Å². The highest BCUT2D eigenvalue weighted by Crippen LogP contribution is 2.31. The zero-order valence-electron chi connectivity index (χ0n) is 11.2. The van der Waals surface area contributed by atoms with E-state index in [0.717, 1.165) is 12.1 Å². The SMILES string of the molecule is CSC(C)(C)CNC(=O)c1cc([N+](=O)[O-])cc(Cl)c1Cl. The van der Waals surface area contributed by atoms with Crippen molar-refractivity contribution in [3.8, 4) is 0 Å². The lowest BCUT2D eigenvalue weighted by molar-refractivity contribution is -0.384. The van der Waals surface area contributed by atoms with Crippen LogP contribution in [0.2, 0.25) is 10.0 Å². The van der Waals surface area contributed by atoms with Crippen molar-refractivity contribution in [2.45, 2.75) is 18.6 Å². The fourth-order valence-electron chi connectivity index (χ4n) is 1.31. The molecule has 8 heteroatoms. The maximum absolute atomic E-state index is 12.1. The molecule has 0 spiro atoms. The molecule has 0 aromatic heterocycles. The number of nitrogens with one attached hydrogen (secondary N) is 1. The molecular weight excluding hydrogens is 323 g/mol. The minimum atomic E-state index is -0.620. The highest BCUT2D eigenvalue weighted by atomic mass is 35.5. The van der Waals surface area contributed by atoms with Gasteiger partial charge in [-0.25, -0.2) is 0 Å². The van der Waals surface area contributed by atoms with Crippen LogP contribution >= 0.6 is 35.0 Å². The Morgan fingerprint density at radius 3 is 2.55 bits per heavy atom. The zero-order valence-corrected chi connectivity index (χ0v) is 13.5. The minimum Gasteiger partial charge on any atom is -0.351 e. The van der Waals surface area contributed by atoms with E-state index in [4.69, 9.17) is 23.2 Å². The van der Waals surface area contributed by atoms with Gasteiger partial charge in [0.2, 0.25) is 0 Å². The molecule has 0 aliphatic rings. The van der Waals surface area contributed by atoms with Gasteiger partial charge in [0.15, 0.2) is 0 Å². The van der Waals surface area contributed by atoms with Crippen molar-refractivity contribution in [1.82, 2.24) is 5.32 Å². The van der Waals surface area contributed by atoms with Crippen LogP contribution in [0.25, 0.3) is 0 Å². The molecule has 1 aromatic rings.